The van der Waals surface area contributed by atoms with Gasteiger partial charge in [-0.3, -0.25) is 9.50 Å². The van der Waals surface area contributed by atoms with Crippen molar-refractivity contribution < 1.29 is 4.39 Å². The summed E-state index contributed by atoms with van der Waals surface area (Å²) in [5, 5.41) is 10.0. The molecule has 8 heteroatoms. The van der Waals surface area contributed by atoms with E-state index in [2.05, 4.69) is 37.3 Å². The zero-order chi connectivity index (χ0) is 19.8. The highest BCUT2D eigenvalue weighted by atomic mass is 19.1. The van der Waals surface area contributed by atoms with Crippen LogP contribution < -0.4 is 10.2 Å². The molecule has 1 aromatic carbocycles. The fraction of sp³-hybridized carbons (Fsp3) is 0.238. The van der Waals surface area contributed by atoms with Crippen LogP contribution in [0.3, 0.4) is 0 Å². The van der Waals surface area contributed by atoms with E-state index in [-0.39, 0.29) is 5.82 Å². The van der Waals surface area contributed by atoms with E-state index in [0.717, 1.165) is 54.5 Å². The van der Waals surface area contributed by atoms with E-state index < -0.39 is 0 Å². The molecule has 1 aliphatic rings. The van der Waals surface area contributed by atoms with Crippen molar-refractivity contribution >= 4 is 22.7 Å². The number of halogens is 1. The summed E-state index contributed by atoms with van der Waals surface area (Å²) in [6.07, 6.45) is 7.21. The first-order valence-corrected chi connectivity index (χ1v) is 9.64. The van der Waals surface area contributed by atoms with Crippen molar-refractivity contribution in [3.05, 3.63) is 60.9 Å². The second-order valence-electron chi connectivity index (χ2n) is 7.32. The highest BCUT2D eigenvalue weighted by molar-refractivity contribution is 5.78. The first kappa shape index (κ1) is 17.7. The highest BCUT2D eigenvalue weighted by Crippen LogP contribution is 2.29. The van der Waals surface area contributed by atoms with Gasteiger partial charge >= 0.3 is 0 Å². The summed E-state index contributed by atoms with van der Waals surface area (Å²) in [6.45, 7) is 3.80. The Labute approximate surface area is 167 Å². The lowest BCUT2D eigenvalue weighted by molar-refractivity contribution is 0.313. The number of H-pyrrole nitrogens is 1. The van der Waals surface area contributed by atoms with E-state index in [4.69, 9.17) is 0 Å². The van der Waals surface area contributed by atoms with Crippen molar-refractivity contribution in [2.45, 2.75) is 0 Å². The maximum absolute atomic E-state index is 14.9. The van der Waals surface area contributed by atoms with E-state index in [0.29, 0.717) is 5.69 Å². The fourth-order valence-corrected chi connectivity index (χ4v) is 3.75. The van der Waals surface area contributed by atoms with Crippen LogP contribution in [-0.4, -0.2) is 57.7 Å². The normalized spacial score (nSPS) is 15.2. The lowest BCUT2D eigenvalue weighted by Gasteiger charge is -2.34. The third kappa shape index (κ3) is 3.31. The molecule has 1 aliphatic heterocycles. The van der Waals surface area contributed by atoms with Crippen LogP contribution in [0.1, 0.15) is 0 Å². The lowest BCUT2D eigenvalue weighted by atomic mass is 10.2. The number of imidazole rings is 1. The summed E-state index contributed by atoms with van der Waals surface area (Å²) < 4.78 is 16.8. The van der Waals surface area contributed by atoms with Crippen molar-refractivity contribution in [3.8, 4) is 11.3 Å². The van der Waals surface area contributed by atoms with Gasteiger partial charge in [0, 0.05) is 56.0 Å². The van der Waals surface area contributed by atoms with E-state index in [9.17, 15) is 4.39 Å². The molecular weight excluding hydrogens is 369 g/mol. The van der Waals surface area contributed by atoms with Gasteiger partial charge in [0.1, 0.15) is 5.82 Å². The second kappa shape index (κ2) is 7.21. The van der Waals surface area contributed by atoms with Gasteiger partial charge < -0.3 is 15.1 Å². The van der Waals surface area contributed by atoms with Crippen molar-refractivity contribution in [1.82, 2.24) is 24.5 Å². The van der Waals surface area contributed by atoms with Crippen molar-refractivity contribution in [2.75, 3.05) is 43.4 Å². The molecule has 0 spiro atoms. The number of pyridine rings is 1. The first-order chi connectivity index (χ1) is 14.2. The van der Waals surface area contributed by atoms with Gasteiger partial charge in [-0.1, -0.05) is 0 Å². The van der Waals surface area contributed by atoms with Crippen molar-refractivity contribution in [3.63, 3.8) is 0 Å². The number of fused-ring (bicyclic) bond motifs is 1. The molecule has 29 heavy (non-hydrogen) atoms. The zero-order valence-corrected chi connectivity index (χ0v) is 16.1. The van der Waals surface area contributed by atoms with Crippen LogP contribution in [0.4, 0.5) is 21.5 Å². The predicted molar refractivity (Wildman–Crippen MR) is 112 cm³/mol. The van der Waals surface area contributed by atoms with E-state index in [1.807, 2.05) is 35.0 Å². The number of benzene rings is 1. The van der Waals surface area contributed by atoms with Gasteiger partial charge in [0.15, 0.2) is 5.65 Å². The van der Waals surface area contributed by atoms with Crippen LogP contribution >= 0.6 is 0 Å². The summed E-state index contributed by atoms with van der Waals surface area (Å²) in [7, 11) is 2.11. The molecular formula is C21H22FN7. The van der Waals surface area contributed by atoms with E-state index in [1.165, 1.54) is 0 Å². The Morgan fingerprint density at radius 3 is 2.66 bits per heavy atom. The molecule has 4 aromatic rings. The molecule has 3 aromatic heterocycles. The standard InChI is InChI=1S/C21H22FN7/c1-27-8-10-28(11-9-27)16-2-3-18(17(22)12-16)26-19-4-5-20(15-13-24-25-14-15)29-7-6-23-21(19)29/h2-7,12-14,26H,8-11H2,1H3,(H,24,25). The number of nitrogens with zero attached hydrogens (tertiary/aromatic N) is 5. The number of rotatable bonds is 4. The smallest absolute Gasteiger partial charge is 0.161 e. The minimum atomic E-state index is -0.273. The van der Waals surface area contributed by atoms with Crippen LogP contribution in [0.5, 0.6) is 0 Å². The Morgan fingerprint density at radius 1 is 1.07 bits per heavy atom. The third-order valence-corrected chi connectivity index (χ3v) is 5.43. The topological polar surface area (TPSA) is 64.5 Å². The minimum Gasteiger partial charge on any atom is -0.369 e. The molecule has 0 radical (unpaired) electrons. The van der Waals surface area contributed by atoms with Crippen molar-refractivity contribution in [1.29, 1.82) is 0 Å². The van der Waals surface area contributed by atoms with Crippen LogP contribution in [0.25, 0.3) is 16.9 Å². The predicted octanol–water partition coefficient (Wildman–Crippen LogP) is 3.36. The second-order valence-corrected chi connectivity index (χ2v) is 7.32. The largest absolute Gasteiger partial charge is 0.369 e. The fourth-order valence-electron chi connectivity index (χ4n) is 3.75. The molecule has 0 bridgehead atoms. The molecule has 0 unspecified atom stereocenters. The molecule has 5 rings (SSSR count). The molecule has 2 N–H and O–H groups in total. The molecule has 0 atom stereocenters. The van der Waals surface area contributed by atoms with Gasteiger partial charge in [-0.2, -0.15) is 5.10 Å². The number of anilines is 3. The minimum absolute atomic E-state index is 0.273. The molecule has 1 fully saturated rings. The summed E-state index contributed by atoms with van der Waals surface area (Å²) >= 11 is 0. The van der Waals surface area contributed by atoms with Gasteiger partial charge in [-0.25, -0.2) is 9.37 Å². The lowest BCUT2D eigenvalue weighted by Crippen LogP contribution is -2.44. The first-order valence-electron chi connectivity index (χ1n) is 9.64. The summed E-state index contributed by atoms with van der Waals surface area (Å²) in [4.78, 5) is 8.95. The molecule has 0 aliphatic carbocycles. The Morgan fingerprint density at radius 2 is 1.90 bits per heavy atom. The monoisotopic (exact) mass is 391 g/mol. The van der Waals surface area contributed by atoms with Crippen molar-refractivity contribution in [2.24, 2.45) is 0 Å². The number of aromatic amines is 1. The molecule has 0 saturated carbocycles. The summed E-state index contributed by atoms with van der Waals surface area (Å²) in [5.74, 6) is -0.273. The molecule has 0 amide bonds. The molecule has 4 heterocycles. The number of nitrogens with one attached hydrogen (secondary N) is 2. The van der Waals surface area contributed by atoms with E-state index >= 15 is 0 Å². The number of piperazine rings is 1. The molecule has 1 saturated heterocycles. The van der Waals surface area contributed by atoms with Crippen LogP contribution in [0.2, 0.25) is 0 Å². The van der Waals surface area contributed by atoms with Crippen LogP contribution in [-0.2, 0) is 0 Å². The Kier molecular flexibility index (Phi) is 4.40. The van der Waals surface area contributed by atoms with Gasteiger partial charge in [0.05, 0.1) is 23.3 Å². The molecule has 148 valence electrons. The van der Waals surface area contributed by atoms with Gasteiger partial charge in [-0.15, -0.1) is 0 Å². The average molecular weight is 391 g/mol. The third-order valence-electron chi connectivity index (χ3n) is 5.43. The Balaban J connectivity index is 1.43. The van der Waals surface area contributed by atoms with Crippen LogP contribution in [0, 0.1) is 5.82 Å². The van der Waals surface area contributed by atoms with Gasteiger partial charge in [0.25, 0.3) is 0 Å². The quantitative estimate of drug-likeness (QED) is 0.559. The number of hydrogen-bond acceptors (Lipinski definition) is 5. The SMILES string of the molecule is CN1CCN(c2ccc(Nc3ccc(-c4cn[nH]c4)n4ccnc34)c(F)c2)CC1. The summed E-state index contributed by atoms with van der Waals surface area (Å²) in [5.41, 5.74) is 4.75. The van der Waals surface area contributed by atoms with Gasteiger partial charge in [0.2, 0.25) is 0 Å². The zero-order valence-electron chi connectivity index (χ0n) is 16.1. The molecule has 7 nitrogen and oxygen atoms in total. The maximum atomic E-state index is 14.9. The number of likely N-dealkylation sites (N-methyl/N-ethyl adjacent to an activating group) is 1. The summed E-state index contributed by atoms with van der Waals surface area (Å²) in [6, 6.07) is 9.26. The van der Waals surface area contributed by atoms with E-state index in [1.54, 1.807) is 24.5 Å². The number of aromatic nitrogens is 4. The maximum Gasteiger partial charge on any atom is 0.161 e. The van der Waals surface area contributed by atoms with Crippen LogP contribution in [0.15, 0.2) is 55.1 Å². The van der Waals surface area contributed by atoms with Gasteiger partial charge in [-0.05, 0) is 37.4 Å². The Hall–Kier alpha value is -3.39. The Bertz CT molecular complexity index is 1130. The number of hydrogen-bond donors (Lipinski definition) is 2. The average Bonchev–Trinajstić information content (AvgIpc) is 3.42. The highest BCUT2D eigenvalue weighted by Gasteiger charge is 2.16.